The normalized spacial score (nSPS) is 13.6. The molecule has 0 fully saturated rings. The van der Waals surface area contributed by atoms with E-state index in [9.17, 15) is 19.5 Å². The van der Waals surface area contributed by atoms with Gasteiger partial charge in [-0.2, -0.15) is 0 Å². The van der Waals surface area contributed by atoms with Gasteiger partial charge in [-0.3, -0.25) is 14.4 Å². The summed E-state index contributed by atoms with van der Waals surface area (Å²) in [5.74, 6) is 0.408. The molecule has 0 radical (unpaired) electrons. The molecule has 3 aromatic carbocycles. The second-order valence-corrected chi connectivity index (χ2v) is 8.06. The lowest BCUT2D eigenvalue weighted by Crippen LogP contribution is -2.29. The van der Waals surface area contributed by atoms with Gasteiger partial charge in [0.05, 0.1) is 16.8 Å². The van der Waals surface area contributed by atoms with E-state index in [1.165, 1.54) is 30.3 Å². The molecule has 0 aliphatic carbocycles. The number of aromatic hydroxyl groups is 1. The van der Waals surface area contributed by atoms with Gasteiger partial charge in [0.2, 0.25) is 5.91 Å². The third-order valence-corrected chi connectivity index (χ3v) is 5.57. The van der Waals surface area contributed by atoms with Crippen LogP contribution in [-0.4, -0.2) is 22.8 Å². The standard InChI is InChI=1S/C26H24N2O5/c1-3-16(2)14-24(30)27-17-4-10-20(11-5-17)33-21-12-13-22-23(15-21)26(32)28(25(22)31)18-6-8-19(29)9-7-18/h4-13,15-16,29H,3,14H2,1-2H3,(H,27,30). The number of benzene rings is 3. The summed E-state index contributed by atoms with van der Waals surface area (Å²) in [6.07, 6.45) is 1.42. The van der Waals surface area contributed by atoms with Crippen LogP contribution < -0.4 is 15.0 Å². The molecule has 0 aromatic heterocycles. The van der Waals surface area contributed by atoms with E-state index in [1.54, 1.807) is 36.4 Å². The number of carbonyl (C=O) groups excluding carboxylic acids is 3. The Hall–Kier alpha value is -4.13. The zero-order valence-corrected chi connectivity index (χ0v) is 18.4. The number of carbonyl (C=O) groups is 3. The number of phenolic OH excluding ortho intramolecular Hbond substituents is 1. The first kappa shape index (κ1) is 22.1. The van der Waals surface area contributed by atoms with Crippen LogP contribution in [0.3, 0.4) is 0 Å². The number of nitrogens with zero attached hydrogens (tertiary/aromatic N) is 1. The van der Waals surface area contributed by atoms with E-state index in [4.69, 9.17) is 4.74 Å². The van der Waals surface area contributed by atoms with Crippen molar-refractivity contribution in [2.75, 3.05) is 10.2 Å². The summed E-state index contributed by atoms with van der Waals surface area (Å²) in [5, 5.41) is 12.3. The van der Waals surface area contributed by atoms with Gasteiger partial charge in [0.15, 0.2) is 0 Å². The fraction of sp³-hybridized carbons (Fsp3) is 0.192. The van der Waals surface area contributed by atoms with Crippen molar-refractivity contribution in [1.82, 2.24) is 0 Å². The molecule has 1 heterocycles. The highest BCUT2D eigenvalue weighted by atomic mass is 16.5. The molecule has 33 heavy (non-hydrogen) atoms. The number of hydrogen-bond acceptors (Lipinski definition) is 5. The molecular formula is C26H24N2O5. The number of amides is 3. The van der Waals surface area contributed by atoms with E-state index in [-0.39, 0.29) is 17.2 Å². The fourth-order valence-electron chi connectivity index (χ4n) is 3.53. The molecule has 4 rings (SSSR count). The average molecular weight is 444 g/mol. The third kappa shape index (κ3) is 4.72. The molecule has 1 atom stereocenters. The molecule has 3 amide bonds. The van der Waals surface area contributed by atoms with E-state index in [0.29, 0.717) is 40.8 Å². The lowest BCUT2D eigenvalue weighted by atomic mass is 10.1. The minimum atomic E-state index is -0.453. The summed E-state index contributed by atoms with van der Waals surface area (Å²) in [4.78, 5) is 38.8. The molecular weight excluding hydrogens is 420 g/mol. The van der Waals surface area contributed by atoms with Crippen molar-refractivity contribution in [2.45, 2.75) is 26.7 Å². The van der Waals surface area contributed by atoms with Crippen LogP contribution in [0.5, 0.6) is 17.2 Å². The molecule has 168 valence electrons. The number of phenols is 1. The predicted molar refractivity (Wildman–Crippen MR) is 125 cm³/mol. The Kier molecular flexibility index (Phi) is 6.13. The fourth-order valence-corrected chi connectivity index (χ4v) is 3.53. The maximum absolute atomic E-state index is 12.9. The Morgan fingerprint density at radius 2 is 1.58 bits per heavy atom. The van der Waals surface area contributed by atoms with E-state index in [1.807, 2.05) is 6.92 Å². The van der Waals surface area contributed by atoms with Gasteiger partial charge in [0.25, 0.3) is 11.8 Å². The van der Waals surface area contributed by atoms with Crippen LogP contribution in [0.25, 0.3) is 0 Å². The maximum atomic E-state index is 12.9. The van der Waals surface area contributed by atoms with Crippen molar-refractivity contribution in [1.29, 1.82) is 0 Å². The maximum Gasteiger partial charge on any atom is 0.266 e. The third-order valence-electron chi connectivity index (χ3n) is 5.57. The monoisotopic (exact) mass is 444 g/mol. The molecule has 1 unspecified atom stereocenters. The highest BCUT2D eigenvalue weighted by molar-refractivity contribution is 6.34. The smallest absolute Gasteiger partial charge is 0.266 e. The number of imide groups is 1. The zero-order valence-electron chi connectivity index (χ0n) is 18.4. The summed E-state index contributed by atoms with van der Waals surface area (Å²) < 4.78 is 5.86. The number of ether oxygens (including phenoxy) is 1. The van der Waals surface area contributed by atoms with Crippen LogP contribution >= 0.6 is 0 Å². The van der Waals surface area contributed by atoms with E-state index >= 15 is 0 Å². The molecule has 0 bridgehead atoms. The van der Waals surface area contributed by atoms with Gasteiger partial charge in [0.1, 0.15) is 17.2 Å². The van der Waals surface area contributed by atoms with Crippen molar-refractivity contribution < 1.29 is 24.2 Å². The van der Waals surface area contributed by atoms with Gasteiger partial charge in [-0.1, -0.05) is 20.3 Å². The molecule has 2 N–H and O–H groups in total. The number of hydrogen-bond donors (Lipinski definition) is 2. The van der Waals surface area contributed by atoms with Crippen LogP contribution in [0.15, 0.2) is 66.7 Å². The zero-order chi connectivity index (χ0) is 23.5. The molecule has 0 saturated carbocycles. The van der Waals surface area contributed by atoms with Crippen LogP contribution in [0.4, 0.5) is 11.4 Å². The molecule has 1 aliphatic rings. The summed E-state index contributed by atoms with van der Waals surface area (Å²) in [6, 6.07) is 17.5. The summed E-state index contributed by atoms with van der Waals surface area (Å²) in [6.45, 7) is 4.09. The summed E-state index contributed by atoms with van der Waals surface area (Å²) >= 11 is 0. The number of rotatable bonds is 7. The molecule has 0 spiro atoms. The Morgan fingerprint density at radius 1 is 0.939 bits per heavy atom. The van der Waals surface area contributed by atoms with E-state index in [2.05, 4.69) is 12.2 Å². The summed E-state index contributed by atoms with van der Waals surface area (Å²) in [5.41, 5.74) is 1.60. The average Bonchev–Trinajstić information content (AvgIpc) is 3.05. The van der Waals surface area contributed by atoms with Gasteiger partial charge in [0, 0.05) is 12.1 Å². The lowest BCUT2D eigenvalue weighted by Gasteiger charge is -2.13. The quantitative estimate of drug-likeness (QED) is 0.478. The van der Waals surface area contributed by atoms with Crippen LogP contribution in [0.2, 0.25) is 0 Å². The van der Waals surface area contributed by atoms with Crippen LogP contribution in [0, 0.1) is 5.92 Å². The van der Waals surface area contributed by atoms with Crippen molar-refractivity contribution in [2.24, 2.45) is 5.92 Å². The molecule has 3 aromatic rings. The largest absolute Gasteiger partial charge is 0.508 e. The van der Waals surface area contributed by atoms with E-state index < -0.39 is 11.8 Å². The van der Waals surface area contributed by atoms with Crippen LogP contribution in [0.1, 0.15) is 47.4 Å². The first-order valence-corrected chi connectivity index (χ1v) is 10.8. The Labute approximate surface area is 191 Å². The van der Waals surface area contributed by atoms with Gasteiger partial charge < -0.3 is 15.2 Å². The van der Waals surface area contributed by atoms with Crippen molar-refractivity contribution in [3.8, 4) is 17.2 Å². The topological polar surface area (TPSA) is 95.9 Å². The number of nitrogens with one attached hydrogen (secondary N) is 1. The first-order chi connectivity index (χ1) is 15.9. The molecule has 1 aliphatic heterocycles. The van der Waals surface area contributed by atoms with Crippen molar-refractivity contribution >= 4 is 29.1 Å². The highest BCUT2D eigenvalue weighted by Crippen LogP contribution is 2.33. The van der Waals surface area contributed by atoms with Gasteiger partial charge in [-0.05, 0) is 72.6 Å². The Balaban J connectivity index is 1.46. The summed E-state index contributed by atoms with van der Waals surface area (Å²) in [7, 11) is 0. The van der Waals surface area contributed by atoms with Gasteiger partial charge in [-0.15, -0.1) is 0 Å². The molecule has 0 saturated heterocycles. The lowest BCUT2D eigenvalue weighted by molar-refractivity contribution is -0.117. The SMILES string of the molecule is CCC(C)CC(=O)Nc1ccc(Oc2ccc3c(c2)C(=O)N(c2ccc(O)cc2)C3=O)cc1. The second kappa shape index (κ2) is 9.16. The molecule has 7 heteroatoms. The van der Waals surface area contributed by atoms with Crippen LogP contribution in [-0.2, 0) is 4.79 Å². The van der Waals surface area contributed by atoms with Crippen molar-refractivity contribution in [3.05, 3.63) is 77.9 Å². The second-order valence-electron chi connectivity index (χ2n) is 8.06. The Morgan fingerprint density at radius 3 is 2.24 bits per heavy atom. The number of fused-ring (bicyclic) bond motifs is 1. The Bertz CT molecular complexity index is 1200. The molecule has 7 nitrogen and oxygen atoms in total. The van der Waals surface area contributed by atoms with Gasteiger partial charge >= 0.3 is 0 Å². The predicted octanol–water partition coefficient (Wildman–Crippen LogP) is 5.36. The minimum absolute atomic E-state index is 0.0296. The minimum Gasteiger partial charge on any atom is -0.508 e. The van der Waals surface area contributed by atoms with Crippen molar-refractivity contribution in [3.63, 3.8) is 0 Å². The number of anilines is 2. The van der Waals surface area contributed by atoms with E-state index in [0.717, 1.165) is 11.3 Å². The van der Waals surface area contributed by atoms with Gasteiger partial charge in [-0.25, -0.2) is 4.90 Å². The highest BCUT2D eigenvalue weighted by Gasteiger charge is 2.37. The first-order valence-electron chi connectivity index (χ1n) is 10.8.